The van der Waals surface area contributed by atoms with Crippen LogP contribution in [-0.4, -0.2) is 35.2 Å². The number of carbonyl (C=O) groups excluding carboxylic acids is 3. The number of benzene rings is 1. The van der Waals surface area contributed by atoms with Crippen molar-refractivity contribution < 1.29 is 14.4 Å². The predicted molar refractivity (Wildman–Crippen MR) is 90.5 cm³/mol. The average Bonchev–Trinajstić information content (AvgIpc) is 2.89. The fourth-order valence-electron chi connectivity index (χ4n) is 3.35. The number of nitrogens with zero attached hydrogens (tertiary/aromatic N) is 1. The molecule has 6 heteroatoms. The Morgan fingerprint density at radius 2 is 2.08 bits per heavy atom. The second-order valence-corrected chi connectivity index (χ2v) is 6.37. The van der Waals surface area contributed by atoms with Crippen molar-refractivity contribution in [2.24, 2.45) is 0 Å². The third-order valence-corrected chi connectivity index (χ3v) is 4.68. The van der Waals surface area contributed by atoms with Gasteiger partial charge in [-0.05, 0) is 25.0 Å². The van der Waals surface area contributed by atoms with Crippen molar-refractivity contribution in [2.45, 2.75) is 51.6 Å². The molecule has 0 saturated carbocycles. The minimum atomic E-state index is -0.560. The summed E-state index contributed by atoms with van der Waals surface area (Å²) in [5.74, 6) is -0.764. The van der Waals surface area contributed by atoms with Gasteiger partial charge in [-0.2, -0.15) is 0 Å². The van der Waals surface area contributed by atoms with Crippen LogP contribution in [0.2, 0.25) is 0 Å². The minimum Gasteiger partial charge on any atom is -0.385 e. The number of fused-ring (bicyclic) bond motifs is 1. The van der Waals surface area contributed by atoms with Gasteiger partial charge in [0.25, 0.3) is 5.91 Å². The second kappa shape index (κ2) is 7.03. The lowest BCUT2D eigenvalue weighted by atomic mass is 10.0. The molecule has 6 nitrogen and oxygen atoms in total. The van der Waals surface area contributed by atoms with E-state index in [1.165, 1.54) is 6.42 Å². The fourth-order valence-corrected chi connectivity index (χ4v) is 3.35. The first-order valence-electron chi connectivity index (χ1n) is 8.62. The molecule has 1 aromatic rings. The number of anilines is 1. The van der Waals surface area contributed by atoms with Crippen molar-refractivity contribution in [3.05, 3.63) is 29.3 Å². The van der Waals surface area contributed by atoms with Crippen molar-refractivity contribution in [1.82, 2.24) is 10.2 Å². The summed E-state index contributed by atoms with van der Waals surface area (Å²) in [4.78, 5) is 37.7. The van der Waals surface area contributed by atoms with Gasteiger partial charge in [0, 0.05) is 36.3 Å². The van der Waals surface area contributed by atoms with Gasteiger partial charge in [-0.25, -0.2) is 0 Å². The Hall–Kier alpha value is -2.37. The molecule has 1 unspecified atom stereocenters. The lowest BCUT2D eigenvalue weighted by Crippen LogP contribution is -2.52. The van der Waals surface area contributed by atoms with Crippen LogP contribution in [0.25, 0.3) is 0 Å². The Morgan fingerprint density at radius 3 is 2.83 bits per heavy atom. The molecule has 0 aromatic heterocycles. The Balaban J connectivity index is 1.75. The Morgan fingerprint density at radius 1 is 1.25 bits per heavy atom. The van der Waals surface area contributed by atoms with E-state index in [1.807, 2.05) is 12.1 Å². The van der Waals surface area contributed by atoms with Gasteiger partial charge >= 0.3 is 0 Å². The van der Waals surface area contributed by atoms with Crippen molar-refractivity contribution in [2.75, 3.05) is 11.9 Å². The standard InChI is InChI=1S/C18H23N3O3/c1-2-3-4-10-19-14-7-5-6-12-13(14)11-21(18(12)24)15-8-9-16(22)20-17(15)23/h5-7,15,19H,2-4,8-11H2,1H3,(H,20,22,23). The molecule has 2 aliphatic heterocycles. The highest BCUT2D eigenvalue weighted by molar-refractivity contribution is 6.06. The zero-order valence-corrected chi connectivity index (χ0v) is 13.9. The van der Waals surface area contributed by atoms with Gasteiger partial charge in [-0.3, -0.25) is 19.7 Å². The molecule has 3 amide bonds. The summed E-state index contributed by atoms with van der Waals surface area (Å²) in [7, 11) is 0. The fraction of sp³-hybridized carbons (Fsp3) is 0.500. The number of amides is 3. The highest BCUT2D eigenvalue weighted by Crippen LogP contribution is 2.32. The lowest BCUT2D eigenvalue weighted by molar-refractivity contribution is -0.136. The maximum Gasteiger partial charge on any atom is 0.255 e. The highest BCUT2D eigenvalue weighted by Gasteiger charge is 2.39. The van der Waals surface area contributed by atoms with E-state index in [2.05, 4.69) is 17.6 Å². The van der Waals surface area contributed by atoms with E-state index in [-0.39, 0.29) is 24.1 Å². The molecule has 1 aromatic carbocycles. The van der Waals surface area contributed by atoms with Crippen molar-refractivity contribution in [3.8, 4) is 0 Å². The Bertz CT molecular complexity index is 671. The smallest absolute Gasteiger partial charge is 0.255 e. The molecule has 0 bridgehead atoms. The van der Waals surface area contributed by atoms with E-state index in [4.69, 9.17) is 0 Å². The summed E-state index contributed by atoms with van der Waals surface area (Å²) in [5.41, 5.74) is 2.57. The van der Waals surface area contributed by atoms with Crippen LogP contribution < -0.4 is 10.6 Å². The van der Waals surface area contributed by atoms with Gasteiger partial charge in [0.05, 0.1) is 0 Å². The minimum absolute atomic E-state index is 0.128. The number of unbranched alkanes of at least 4 members (excludes halogenated alkanes) is 2. The number of hydrogen-bond acceptors (Lipinski definition) is 4. The summed E-state index contributed by atoms with van der Waals surface area (Å²) in [6.45, 7) is 3.45. The number of carbonyl (C=O) groups is 3. The van der Waals surface area contributed by atoms with Crippen LogP contribution in [0.5, 0.6) is 0 Å². The van der Waals surface area contributed by atoms with E-state index in [9.17, 15) is 14.4 Å². The lowest BCUT2D eigenvalue weighted by Gasteiger charge is -2.29. The zero-order valence-electron chi connectivity index (χ0n) is 13.9. The van der Waals surface area contributed by atoms with Crippen LogP contribution in [0.15, 0.2) is 18.2 Å². The predicted octanol–water partition coefficient (Wildman–Crippen LogP) is 2.05. The van der Waals surface area contributed by atoms with Crippen LogP contribution in [0, 0.1) is 0 Å². The molecule has 1 fully saturated rings. The van der Waals surface area contributed by atoms with E-state index < -0.39 is 6.04 Å². The number of rotatable bonds is 6. The first-order valence-corrected chi connectivity index (χ1v) is 8.62. The second-order valence-electron chi connectivity index (χ2n) is 6.37. The highest BCUT2D eigenvalue weighted by atomic mass is 16.2. The van der Waals surface area contributed by atoms with Gasteiger partial charge in [0.15, 0.2) is 0 Å². The molecule has 24 heavy (non-hydrogen) atoms. The molecule has 1 saturated heterocycles. The van der Waals surface area contributed by atoms with Crippen molar-refractivity contribution >= 4 is 23.4 Å². The molecule has 2 heterocycles. The monoisotopic (exact) mass is 329 g/mol. The summed E-state index contributed by atoms with van der Waals surface area (Å²) in [6.07, 6.45) is 4.09. The van der Waals surface area contributed by atoms with Crippen molar-refractivity contribution in [1.29, 1.82) is 0 Å². The van der Waals surface area contributed by atoms with Crippen LogP contribution in [-0.2, 0) is 16.1 Å². The third kappa shape index (κ3) is 3.13. The zero-order chi connectivity index (χ0) is 17.1. The molecule has 0 spiro atoms. The molecule has 3 rings (SSSR count). The first kappa shape index (κ1) is 16.5. The number of imide groups is 1. The topological polar surface area (TPSA) is 78.5 Å². The number of nitrogens with one attached hydrogen (secondary N) is 2. The van der Waals surface area contributed by atoms with Gasteiger partial charge < -0.3 is 10.2 Å². The van der Waals surface area contributed by atoms with E-state index in [0.29, 0.717) is 18.5 Å². The molecule has 0 radical (unpaired) electrons. The van der Waals surface area contributed by atoms with Gasteiger partial charge in [0.2, 0.25) is 11.8 Å². The van der Waals surface area contributed by atoms with Crippen LogP contribution in [0.1, 0.15) is 54.9 Å². The van der Waals surface area contributed by atoms with Crippen molar-refractivity contribution in [3.63, 3.8) is 0 Å². The van der Waals surface area contributed by atoms with E-state index in [1.54, 1.807) is 11.0 Å². The summed E-state index contributed by atoms with van der Waals surface area (Å²) in [6, 6.07) is 5.09. The maximum atomic E-state index is 12.7. The Kier molecular flexibility index (Phi) is 4.83. The van der Waals surface area contributed by atoms with E-state index in [0.717, 1.165) is 30.6 Å². The van der Waals surface area contributed by atoms with Crippen LogP contribution in [0.3, 0.4) is 0 Å². The normalized spacial score (nSPS) is 20.1. The maximum absolute atomic E-state index is 12.7. The molecule has 0 aliphatic carbocycles. The average molecular weight is 329 g/mol. The molecular weight excluding hydrogens is 306 g/mol. The number of piperidine rings is 1. The largest absolute Gasteiger partial charge is 0.385 e. The summed E-state index contributed by atoms with van der Waals surface area (Å²) < 4.78 is 0. The van der Waals surface area contributed by atoms with Gasteiger partial charge in [-0.1, -0.05) is 25.8 Å². The molecular formula is C18H23N3O3. The summed E-state index contributed by atoms with van der Waals surface area (Å²) in [5, 5.41) is 5.74. The summed E-state index contributed by atoms with van der Waals surface area (Å²) >= 11 is 0. The third-order valence-electron chi connectivity index (χ3n) is 4.68. The molecule has 2 aliphatic rings. The SMILES string of the molecule is CCCCCNc1cccc2c1CN(C1CCC(=O)NC1=O)C2=O. The van der Waals surface area contributed by atoms with Gasteiger partial charge in [-0.15, -0.1) is 0 Å². The quantitative estimate of drug-likeness (QED) is 0.618. The Labute approximate surface area is 141 Å². The van der Waals surface area contributed by atoms with Gasteiger partial charge in [0.1, 0.15) is 6.04 Å². The molecule has 128 valence electrons. The first-order chi connectivity index (χ1) is 11.6. The van der Waals surface area contributed by atoms with Crippen LogP contribution in [0.4, 0.5) is 5.69 Å². The van der Waals surface area contributed by atoms with E-state index >= 15 is 0 Å². The number of hydrogen-bond donors (Lipinski definition) is 2. The molecule has 1 atom stereocenters. The van der Waals surface area contributed by atoms with Crippen LogP contribution >= 0.6 is 0 Å². The molecule has 2 N–H and O–H groups in total.